The first-order valence-electron chi connectivity index (χ1n) is 6.58. The van der Waals surface area contributed by atoms with Crippen molar-refractivity contribution in [2.24, 2.45) is 5.92 Å². The summed E-state index contributed by atoms with van der Waals surface area (Å²) in [6.07, 6.45) is 2.82. The third-order valence-electron chi connectivity index (χ3n) is 3.38. The first-order chi connectivity index (χ1) is 9.04. The molecule has 19 heavy (non-hydrogen) atoms. The lowest BCUT2D eigenvalue weighted by Crippen LogP contribution is -2.44. The van der Waals surface area contributed by atoms with Crippen molar-refractivity contribution < 1.29 is 19.5 Å². The molecule has 0 spiro atoms. The highest BCUT2D eigenvalue weighted by Gasteiger charge is 2.28. The minimum Gasteiger partial charge on any atom is -0.481 e. The number of likely N-dealkylation sites (tertiary alicyclic amines) is 1. The summed E-state index contributed by atoms with van der Waals surface area (Å²) in [6, 6.07) is -0.00466. The van der Waals surface area contributed by atoms with Gasteiger partial charge in [-0.3, -0.25) is 9.59 Å². The molecule has 1 saturated carbocycles. The van der Waals surface area contributed by atoms with Crippen molar-refractivity contribution in [1.82, 2.24) is 15.5 Å². The van der Waals surface area contributed by atoms with Gasteiger partial charge < -0.3 is 20.6 Å². The third kappa shape index (κ3) is 4.42. The van der Waals surface area contributed by atoms with Crippen LogP contribution in [0.5, 0.6) is 0 Å². The van der Waals surface area contributed by atoms with E-state index in [1.165, 1.54) is 0 Å². The molecule has 0 aromatic carbocycles. The van der Waals surface area contributed by atoms with Crippen LogP contribution in [-0.4, -0.2) is 53.6 Å². The molecule has 0 radical (unpaired) electrons. The molecule has 0 bridgehead atoms. The molecule has 1 aliphatic carbocycles. The quantitative estimate of drug-likeness (QED) is 0.642. The zero-order valence-corrected chi connectivity index (χ0v) is 10.7. The minimum absolute atomic E-state index is 0.0172. The number of rotatable bonds is 5. The van der Waals surface area contributed by atoms with E-state index in [1.807, 2.05) is 0 Å². The van der Waals surface area contributed by atoms with Crippen LogP contribution in [0.4, 0.5) is 4.79 Å². The summed E-state index contributed by atoms with van der Waals surface area (Å²) in [5.41, 5.74) is 0. The number of nitrogens with zero attached hydrogens (tertiary/aromatic N) is 1. The molecule has 3 amide bonds. The Hall–Kier alpha value is -1.79. The molecule has 7 heteroatoms. The first kappa shape index (κ1) is 13.6. The van der Waals surface area contributed by atoms with Crippen molar-refractivity contribution in [3.05, 3.63) is 0 Å². The van der Waals surface area contributed by atoms with Crippen molar-refractivity contribution in [3.8, 4) is 0 Å². The molecular weight excluding hydrogens is 250 g/mol. The fourth-order valence-corrected chi connectivity index (χ4v) is 2.20. The van der Waals surface area contributed by atoms with Gasteiger partial charge in [0, 0.05) is 25.6 Å². The summed E-state index contributed by atoms with van der Waals surface area (Å²) in [7, 11) is 0. The number of hydrogen-bond acceptors (Lipinski definition) is 3. The third-order valence-corrected chi connectivity index (χ3v) is 3.38. The molecule has 1 atom stereocenters. The second-order valence-corrected chi connectivity index (χ2v) is 5.20. The van der Waals surface area contributed by atoms with Crippen LogP contribution in [0.2, 0.25) is 0 Å². The van der Waals surface area contributed by atoms with E-state index in [9.17, 15) is 14.4 Å². The lowest BCUT2D eigenvalue weighted by atomic mass is 10.1. The molecule has 1 heterocycles. The molecule has 0 aromatic heterocycles. The highest BCUT2D eigenvalue weighted by molar-refractivity contribution is 5.84. The molecule has 1 unspecified atom stereocenters. The Morgan fingerprint density at radius 1 is 1.21 bits per heavy atom. The van der Waals surface area contributed by atoms with Gasteiger partial charge in [0.2, 0.25) is 5.91 Å². The van der Waals surface area contributed by atoms with Crippen LogP contribution in [0.25, 0.3) is 0 Å². The number of nitrogens with one attached hydrogen (secondary N) is 2. The molecule has 1 aliphatic heterocycles. The zero-order chi connectivity index (χ0) is 13.8. The summed E-state index contributed by atoms with van der Waals surface area (Å²) in [5.74, 6) is -0.989. The molecule has 0 aromatic rings. The molecule has 7 nitrogen and oxygen atoms in total. The number of amides is 3. The highest BCUT2D eigenvalue weighted by atomic mass is 16.4. The Bertz CT molecular complexity index is 381. The van der Waals surface area contributed by atoms with Gasteiger partial charge in [-0.15, -0.1) is 0 Å². The maximum atomic E-state index is 11.8. The van der Waals surface area contributed by atoms with Crippen LogP contribution in [0.1, 0.15) is 25.7 Å². The smallest absolute Gasteiger partial charge is 0.317 e. The van der Waals surface area contributed by atoms with Crippen LogP contribution in [0, 0.1) is 5.92 Å². The van der Waals surface area contributed by atoms with Crippen molar-refractivity contribution in [3.63, 3.8) is 0 Å². The van der Waals surface area contributed by atoms with E-state index in [2.05, 4.69) is 10.6 Å². The molecule has 2 rings (SSSR count). The molecule has 2 fully saturated rings. The van der Waals surface area contributed by atoms with E-state index in [1.54, 1.807) is 4.90 Å². The summed E-state index contributed by atoms with van der Waals surface area (Å²) < 4.78 is 0. The average molecular weight is 269 g/mol. The summed E-state index contributed by atoms with van der Waals surface area (Å²) in [5, 5.41) is 14.0. The highest BCUT2D eigenvalue weighted by Crippen LogP contribution is 2.19. The Morgan fingerprint density at radius 2 is 1.95 bits per heavy atom. The minimum atomic E-state index is -0.837. The lowest BCUT2D eigenvalue weighted by Gasteiger charge is -2.16. The van der Waals surface area contributed by atoms with Crippen LogP contribution in [0.3, 0.4) is 0 Å². The van der Waals surface area contributed by atoms with Gasteiger partial charge in [-0.25, -0.2) is 4.79 Å². The molecule has 2 aliphatic rings. The monoisotopic (exact) mass is 269 g/mol. The normalized spacial score (nSPS) is 22.1. The number of carbonyl (C=O) groups excluding carboxylic acids is 2. The number of carboxylic acid groups (broad SMARTS) is 1. The lowest BCUT2D eigenvalue weighted by molar-refractivity contribution is -0.138. The summed E-state index contributed by atoms with van der Waals surface area (Å²) in [6.45, 7) is 0.978. The van der Waals surface area contributed by atoms with Gasteiger partial charge in [-0.05, 0) is 25.2 Å². The van der Waals surface area contributed by atoms with Gasteiger partial charge in [-0.2, -0.15) is 0 Å². The molecular formula is C12H19N3O4. The summed E-state index contributed by atoms with van der Waals surface area (Å²) >= 11 is 0. The Balaban J connectivity index is 1.65. The van der Waals surface area contributed by atoms with E-state index in [0.29, 0.717) is 19.5 Å². The van der Waals surface area contributed by atoms with Crippen molar-refractivity contribution in [1.29, 1.82) is 0 Å². The maximum absolute atomic E-state index is 11.8. The van der Waals surface area contributed by atoms with Gasteiger partial charge in [-0.1, -0.05) is 0 Å². The predicted molar refractivity (Wildman–Crippen MR) is 66.5 cm³/mol. The topological polar surface area (TPSA) is 98.7 Å². The van der Waals surface area contributed by atoms with E-state index in [4.69, 9.17) is 5.11 Å². The predicted octanol–water partition coefficient (Wildman–Crippen LogP) is -0.229. The zero-order valence-electron chi connectivity index (χ0n) is 10.7. The molecule has 1 saturated heterocycles. The van der Waals surface area contributed by atoms with Gasteiger partial charge in [0.15, 0.2) is 0 Å². The Morgan fingerprint density at radius 3 is 2.58 bits per heavy atom. The SMILES string of the molecule is O=C(O)CC1CCN(C(=O)NCC(=O)NC2CC2)C1. The number of carbonyl (C=O) groups is 3. The van der Waals surface area contributed by atoms with Crippen LogP contribution in [0.15, 0.2) is 0 Å². The van der Waals surface area contributed by atoms with Gasteiger partial charge in [0.25, 0.3) is 0 Å². The number of hydrogen-bond donors (Lipinski definition) is 3. The van der Waals surface area contributed by atoms with Crippen molar-refractivity contribution >= 4 is 17.9 Å². The van der Waals surface area contributed by atoms with E-state index >= 15 is 0 Å². The van der Waals surface area contributed by atoms with Crippen molar-refractivity contribution in [2.45, 2.75) is 31.7 Å². The average Bonchev–Trinajstić information content (AvgIpc) is 3.02. The van der Waals surface area contributed by atoms with Crippen LogP contribution >= 0.6 is 0 Å². The second-order valence-electron chi connectivity index (χ2n) is 5.20. The fourth-order valence-electron chi connectivity index (χ4n) is 2.20. The Kier molecular flexibility index (Phi) is 4.24. The summed E-state index contributed by atoms with van der Waals surface area (Å²) in [4.78, 5) is 35.3. The van der Waals surface area contributed by atoms with Gasteiger partial charge in [0.05, 0.1) is 6.54 Å². The number of aliphatic carboxylic acids is 1. The van der Waals surface area contributed by atoms with E-state index in [-0.39, 0.29) is 36.9 Å². The largest absolute Gasteiger partial charge is 0.481 e. The van der Waals surface area contributed by atoms with E-state index in [0.717, 1.165) is 12.8 Å². The van der Waals surface area contributed by atoms with Crippen LogP contribution < -0.4 is 10.6 Å². The molecule has 106 valence electrons. The first-order valence-corrected chi connectivity index (χ1v) is 6.58. The number of carboxylic acids is 1. The van der Waals surface area contributed by atoms with E-state index < -0.39 is 5.97 Å². The van der Waals surface area contributed by atoms with Crippen molar-refractivity contribution in [2.75, 3.05) is 19.6 Å². The van der Waals surface area contributed by atoms with Crippen LogP contribution in [-0.2, 0) is 9.59 Å². The van der Waals surface area contributed by atoms with Gasteiger partial charge >= 0.3 is 12.0 Å². The second kappa shape index (κ2) is 5.90. The standard InChI is InChI=1S/C12H19N3O4/c16-10(14-9-1-2-9)6-13-12(19)15-4-3-8(7-15)5-11(17)18/h8-9H,1-7H2,(H,13,19)(H,14,16)(H,17,18). The maximum Gasteiger partial charge on any atom is 0.317 e. The van der Waals surface area contributed by atoms with Gasteiger partial charge in [0.1, 0.15) is 0 Å². The number of urea groups is 1. The fraction of sp³-hybridized carbons (Fsp3) is 0.750. The molecule has 3 N–H and O–H groups in total. The Labute approximate surface area is 111 Å².